The summed E-state index contributed by atoms with van der Waals surface area (Å²) in [7, 11) is 0. The van der Waals surface area contributed by atoms with Crippen molar-refractivity contribution in [2.24, 2.45) is 0 Å². The first-order chi connectivity index (χ1) is 14.5. The summed E-state index contributed by atoms with van der Waals surface area (Å²) in [5, 5.41) is 0. The van der Waals surface area contributed by atoms with Gasteiger partial charge in [-0.3, -0.25) is 0 Å². The Bertz CT molecular complexity index is 864. The van der Waals surface area contributed by atoms with Crippen molar-refractivity contribution in [1.82, 2.24) is 0 Å². The second-order valence-corrected chi connectivity index (χ2v) is 8.49. The van der Waals surface area contributed by atoms with E-state index in [0.717, 1.165) is 54.3 Å². The van der Waals surface area contributed by atoms with E-state index >= 15 is 0 Å². The minimum absolute atomic E-state index is 0.000331. The Morgan fingerprint density at radius 3 is 2.10 bits per heavy atom. The van der Waals surface area contributed by atoms with Crippen LogP contribution in [-0.2, 0) is 10.8 Å². The molecule has 0 atom stereocenters. The molecule has 5 heteroatoms. The zero-order valence-corrected chi connectivity index (χ0v) is 17.4. The van der Waals surface area contributed by atoms with Crippen molar-refractivity contribution in [2.75, 3.05) is 0 Å². The molecule has 0 unspecified atom stereocenters. The van der Waals surface area contributed by atoms with Crippen LogP contribution in [0.3, 0.4) is 0 Å². The summed E-state index contributed by atoms with van der Waals surface area (Å²) < 4.78 is 45.9. The van der Waals surface area contributed by atoms with E-state index in [-0.39, 0.29) is 13.0 Å². The van der Waals surface area contributed by atoms with E-state index in [1.54, 1.807) is 12.1 Å². The summed E-state index contributed by atoms with van der Waals surface area (Å²) in [5.41, 5.74) is 3.62. The molecule has 0 saturated carbocycles. The standard InChI is InChI=1S/C25H28BF3O/c1-2-23(18-14-16-20(17-15-18)25(27,28)29)24(19-8-4-3-5-9-19)26-21-10-6-12-22(30-26)13-7-11-21/h3-5,8-9,14-17,21-22H,2,6-7,10-13H2,1H3/b24-23-. The quantitative estimate of drug-likeness (QED) is 0.370. The molecule has 0 amide bonds. The zero-order chi connectivity index (χ0) is 21.1. The topological polar surface area (TPSA) is 9.23 Å². The average molecular weight is 412 g/mol. The van der Waals surface area contributed by atoms with E-state index < -0.39 is 11.7 Å². The van der Waals surface area contributed by atoms with Gasteiger partial charge in [-0.2, -0.15) is 13.2 Å². The lowest BCUT2D eigenvalue weighted by Gasteiger charge is -2.27. The molecule has 30 heavy (non-hydrogen) atoms. The van der Waals surface area contributed by atoms with Gasteiger partial charge in [0.1, 0.15) is 0 Å². The summed E-state index contributed by atoms with van der Waals surface area (Å²) in [6, 6.07) is 15.9. The van der Waals surface area contributed by atoms with E-state index in [1.807, 2.05) is 18.2 Å². The van der Waals surface area contributed by atoms with Gasteiger partial charge in [0.15, 0.2) is 0 Å². The predicted octanol–water partition coefficient (Wildman–Crippen LogP) is 7.68. The largest absolute Gasteiger partial charge is 0.428 e. The Kier molecular flexibility index (Phi) is 6.38. The van der Waals surface area contributed by atoms with Gasteiger partial charge in [-0.1, -0.05) is 75.1 Å². The van der Waals surface area contributed by atoms with E-state index in [0.29, 0.717) is 5.82 Å². The number of fused-ring (bicyclic) bond motifs is 3. The molecule has 1 nitrogen and oxygen atoms in total. The van der Waals surface area contributed by atoms with Gasteiger partial charge in [0, 0.05) is 6.10 Å². The highest BCUT2D eigenvalue weighted by Gasteiger charge is 2.39. The molecule has 2 heterocycles. The fraction of sp³-hybridized carbons (Fsp3) is 0.440. The lowest BCUT2D eigenvalue weighted by Crippen LogP contribution is -2.28. The molecule has 2 bridgehead atoms. The number of benzene rings is 2. The molecule has 2 aromatic rings. The lowest BCUT2D eigenvalue weighted by molar-refractivity contribution is -0.137. The maximum absolute atomic E-state index is 13.1. The first kappa shape index (κ1) is 21.2. The summed E-state index contributed by atoms with van der Waals surface area (Å²) in [5.74, 6) is 0.462. The molecule has 0 aromatic heterocycles. The third-order valence-corrected chi connectivity index (χ3v) is 6.58. The smallest absolute Gasteiger partial charge is 0.416 e. The van der Waals surface area contributed by atoms with Crippen molar-refractivity contribution in [3.8, 4) is 0 Å². The van der Waals surface area contributed by atoms with Gasteiger partial charge < -0.3 is 4.65 Å². The van der Waals surface area contributed by atoms with Gasteiger partial charge in [-0.25, -0.2) is 0 Å². The van der Waals surface area contributed by atoms with E-state index in [4.69, 9.17) is 4.65 Å². The number of hydrogen-bond acceptors (Lipinski definition) is 1. The van der Waals surface area contributed by atoms with Crippen LogP contribution in [0.4, 0.5) is 13.2 Å². The van der Waals surface area contributed by atoms with Crippen molar-refractivity contribution >= 4 is 18.0 Å². The maximum atomic E-state index is 13.1. The molecule has 0 radical (unpaired) electrons. The molecule has 0 N–H and O–H groups in total. The minimum atomic E-state index is -4.32. The maximum Gasteiger partial charge on any atom is 0.416 e. The molecule has 2 saturated heterocycles. The van der Waals surface area contributed by atoms with Crippen LogP contribution < -0.4 is 0 Å². The third kappa shape index (κ3) is 4.51. The monoisotopic (exact) mass is 412 g/mol. The molecule has 0 spiro atoms. The second kappa shape index (κ2) is 9.01. The van der Waals surface area contributed by atoms with Gasteiger partial charge in [0.05, 0.1) is 5.56 Å². The van der Waals surface area contributed by atoms with Gasteiger partial charge in [-0.05, 0) is 59.4 Å². The zero-order valence-electron chi connectivity index (χ0n) is 17.4. The Morgan fingerprint density at radius 2 is 1.53 bits per heavy atom. The number of alkyl halides is 3. The van der Waals surface area contributed by atoms with Crippen molar-refractivity contribution in [1.29, 1.82) is 0 Å². The molecule has 2 fully saturated rings. The van der Waals surface area contributed by atoms with Crippen molar-refractivity contribution in [3.63, 3.8) is 0 Å². The molecular formula is C25H28BF3O. The van der Waals surface area contributed by atoms with Crippen molar-refractivity contribution in [2.45, 2.75) is 70.0 Å². The minimum Gasteiger partial charge on any atom is -0.428 e. The SMILES string of the molecule is CC/C(=C(/B1OC2CCCC1CCC2)c1ccccc1)c1ccc(C(F)(F)F)cc1. The van der Waals surface area contributed by atoms with Crippen LogP contribution in [0.5, 0.6) is 0 Å². The number of allylic oxidation sites excluding steroid dienone is 1. The highest BCUT2D eigenvalue weighted by molar-refractivity contribution is 6.77. The fourth-order valence-electron chi connectivity index (χ4n) is 5.10. The third-order valence-electron chi connectivity index (χ3n) is 6.58. The number of rotatable bonds is 4. The van der Waals surface area contributed by atoms with Crippen LogP contribution in [0, 0.1) is 0 Å². The molecular weight excluding hydrogens is 384 g/mol. The summed E-state index contributed by atoms with van der Waals surface area (Å²) >= 11 is 0. The number of hydrogen-bond donors (Lipinski definition) is 0. The van der Waals surface area contributed by atoms with Gasteiger partial charge in [-0.15, -0.1) is 0 Å². The number of halogens is 3. The van der Waals surface area contributed by atoms with Crippen molar-refractivity contribution in [3.05, 3.63) is 71.3 Å². The van der Waals surface area contributed by atoms with Crippen LogP contribution in [0.2, 0.25) is 5.82 Å². The van der Waals surface area contributed by atoms with Gasteiger partial charge >= 0.3 is 13.1 Å². The van der Waals surface area contributed by atoms with E-state index in [1.165, 1.54) is 25.0 Å². The van der Waals surface area contributed by atoms with Gasteiger partial charge in [0.2, 0.25) is 0 Å². The average Bonchev–Trinajstić information content (AvgIpc) is 3.05. The predicted molar refractivity (Wildman–Crippen MR) is 117 cm³/mol. The van der Waals surface area contributed by atoms with Gasteiger partial charge in [0.25, 0.3) is 0 Å². The summed E-state index contributed by atoms with van der Waals surface area (Å²) in [6.07, 6.45) is 3.61. The normalized spacial score (nSPS) is 23.0. The first-order valence-electron chi connectivity index (χ1n) is 11.1. The first-order valence-corrected chi connectivity index (χ1v) is 11.1. The van der Waals surface area contributed by atoms with E-state index in [2.05, 4.69) is 19.1 Å². The molecule has 4 rings (SSSR count). The van der Waals surface area contributed by atoms with Crippen LogP contribution in [0.25, 0.3) is 11.0 Å². The Labute approximate surface area is 177 Å². The van der Waals surface area contributed by atoms with Crippen molar-refractivity contribution < 1.29 is 17.8 Å². The molecule has 0 aliphatic carbocycles. The molecule has 2 aliphatic rings. The van der Waals surface area contributed by atoms with E-state index in [9.17, 15) is 13.2 Å². The lowest BCUT2D eigenvalue weighted by atomic mass is 9.46. The Morgan fingerprint density at radius 1 is 0.900 bits per heavy atom. The molecule has 2 aromatic carbocycles. The van der Waals surface area contributed by atoms with Crippen LogP contribution in [0.1, 0.15) is 68.6 Å². The van der Waals surface area contributed by atoms with Crippen LogP contribution in [-0.4, -0.2) is 13.0 Å². The Hall–Kier alpha value is -2.01. The fourth-order valence-corrected chi connectivity index (χ4v) is 5.10. The van der Waals surface area contributed by atoms with Crippen LogP contribution in [0.15, 0.2) is 54.6 Å². The Balaban J connectivity index is 1.84. The molecule has 158 valence electrons. The highest BCUT2D eigenvalue weighted by Crippen LogP contribution is 2.44. The molecule has 2 aliphatic heterocycles. The van der Waals surface area contributed by atoms with Crippen LogP contribution >= 0.6 is 0 Å². The second-order valence-electron chi connectivity index (χ2n) is 8.49. The summed E-state index contributed by atoms with van der Waals surface area (Å²) in [6.45, 7) is 2.08. The highest BCUT2D eigenvalue weighted by atomic mass is 19.4. The summed E-state index contributed by atoms with van der Waals surface area (Å²) in [4.78, 5) is 0.